The van der Waals surface area contributed by atoms with Crippen LogP contribution in [0.25, 0.3) is 0 Å². The van der Waals surface area contributed by atoms with E-state index >= 15 is 0 Å². The summed E-state index contributed by atoms with van der Waals surface area (Å²) in [6.07, 6.45) is 0.161. The van der Waals surface area contributed by atoms with Crippen LogP contribution < -0.4 is 0 Å². The fourth-order valence-electron chi connectivity index (χ4n) is 2.63. The summed E-state index contributed by atoms with van der Waals surface area (Å²) in [5, 5.41) is 9.08. The highest BCUT2D eigenvalue weighted by Crippen LogP contribution is 2.24. The number of hydrogen-bond donors (Lipinski definition) is 1. The smallest absolute Gasteiger partial charge is 0.410 e. The van der Waals surface area contributed by atoms with Crippen molar-refractivity contribution in [3.05, 3.63) is 0 Å². The monoisotopic (exact) mass is 284 g/mol. The molecule has 2 rings (SSSR count). The zero-order chi connectivity index (χ0) is 14.9. The molecule has 0 saturated carbocycles. The number of aliphatic hydroxyl groups is 1. The van der Waals surface area contributed by atoms with Gasteiger partial charge in [-0.2, -0.15) is 0 Å². The first-order valence-corrected chi connectivity index (χ1v) is 7.15. The second-order valence-electron chi connectivity index (χ2n) is 6.80. The maximum absolute atomic E-state index is 11.8. The summed E-state index contributed by atoms with van der Waals surface area (Å²) in [6.45, 7) is 8.20. The Labute approximate surface area is 119 Å². The molecular formula is C14H24N2O4. The Morgan fingerprint density at radius 1 is 1.30 bits per heavy atom. The predicted molar refractivity (Wildman–Crippen MR) is 73.1 cm³/mol. The van der Waals surface area contributed by atoms with Crippen LogP contribution in [0.1, 0.15) is 27.2 Å². The van der Waals surface area contributed by atoms with E-state index in [1.54, 1.807) is 9.80 Å². The van der Waals surface area contributed by atoms with Crippen molar-refractivity contribution >= 4 is 12.0 Å². The van der Waals surface area contributed by atoms with E-state index in [0.717, 1.165) is 0 Å². The van der Waals surface area contributed by atoms with Crippen molar-refractivity contribution in [3.63, 3.8) is 0 Å². The number of likely N-dealkylation sites (tertiary alicyclic amines) is 2. The molecule has 0 spiro atoms. The van der Waals surface area contributed by atoms with Gasteiger partial charge in [-0.3, -0.25) is 4.79 Å². The minimum absolute atomic E-state index is 0.0664. The highest BCUT2D eigenvalue weighted by molar-refractivity contribution is 5.78. The molecule has 2 fully saturated rings. The van der Waals surface area contributed by atoms with Gasteiger partial charge in [0.1, 0.15) is 5.60 Å². The zero-order valence-electron chi connectivity index (χ0n) is 12.5. The van der Waals surface area contributed by atoms with Crippen molar-refractivity contribution in [1.82, 2.24) is 9.80 Å². The van der Waals surface area contributed by atoms with Crippen LogP contribution in [0.4, 0.5) is 4.79 Å². The molecule has 0 radical (unpaired) electrons. The summed E-state index contributed by atoms with van der Waals surface area (Å²) in [7, 11) is 0. The highest BCUT2D eigenvalue weighted by Gasteiger charge is 2.37. The molecular weight excluding hydrogens is 260 g/mol. The molecule has 2 saturated heterocycles. The molecule has 1 N–H and O–H groups in total. The topological polar surface area (TPSA) is 70.1 Å². The Morgan fingerprint density at radius 2 is 1.95 bits per heavy atom. The van der Waals surface area contributed by atoms with Gasteiger partial charge in [0.25, 0.3) is 0 Å². The molecule has 2 aliphatic rings. The van der Waals surface area contributed by atoms with Gasteiger partial charge in [0.05, 0.1) is 0 Å². The Hall–Kier alpha value is -1.30. The van der Waals surface area contributed by atoms with Crippen LogP contribution in [0.2, 0.25) is 0 Å². The summed E-state index contributed by atoms with van der Waals surface area (Å²) in [4.78, 5) is 27.0. The molecule has 0 aromatic carbocycles. The van der Waals surface area contributed by atoms with E-state index in [0.29, 0.717) is 38.5 Å². The Balaban J connectivity index is 1.72. The van der Waals surface area contributed by atoms with E-state index in [1.165, 1.54) is 0 Å². The van der Waals surface area contributed by atoms with Crippen LogP contribution in [0.3, 0.4) is 0 Å². The maximum atomic E-state index is 11.8. The lowest BCUT2D eigenvalue weighted by Gasteiger charge is -2.41. The fraction of sp³-hybridized carbons (Fsp3) is 0.857. The van der Waals surface area contributed by atoms with Crippen LogP contribution in [0.5, 0.6) is 0 Å². The third-order valence-corrected chi connectivity index (χ3v) is 3.64. The maximum Gasteiger partial charge on any atom is 0.410 e. The molecule has 1 unspecified atom stereocenters. The quantitative estimate of drug-likeness (QED) is 0.828. The van der Waals surface area contributed by atoms with Crippen molar-refractivity contribution < 1.29 is 19.4 Å². The average molecular weight is 284 g/mol. The third kappa shape index (κ3) is 3.62. The van der Waals surface area contributed by atoms with E-state index in [9.17, 15) is 9.59 Å². The first-order chi connectivity index (χ1) is 9.28. The van der Waals surface area contributed by atoms with Crippen LogP contribution >= 0.6 is 0 Å². The lowest BCUT2D eigenvalue weighted by Crippen LogP contribution is -2.55. The molecule has 0 aromatic heterocycles. The molecule has 6 heteroatoms. The molecule has 0 aliphatic carbocycles. The Bertz CT molecular complexity index is 385. The second-order valence-corrected chi connectivity index (χ2v) is 6.80. The van der Waals surface area contributed by atoms with E-state index in [-0.39, 0.29) is 24.5 Å². The summed E-state index contributed by atoms with van der Waals surface area (Å²) >= 11 is 0. The summed E-state index contributed by atoms with van der Waals surface area (Å²) in [5.41, 5.74) is -0.471. The Morgan fingerprint density at radius 3 is 2.45 bits per heavy atom. The van der Waals surface area contributed by atoms with Gasteiger partial charge in [-0.1, -0.05) is 0 Å². The highest BCUT2D eigenvalue weighted by atomic mass is 16.6. The van der Waals surface area contributed by atoms with Gasteiger partial charge >= 0.3 is 6.09 Å². The summed E-state index contributed by atoms with van der Waals surface area (Å²) in [6, 6.07) is 0. The first kappa shape index (κ1) is 15.1. The number of nitrogens with zero attached hydrogens (tertiary/aromatic N) is 2. The Kier molecular flexibility index (Phi) is 4.22. The number of hydrogen-bond acceptors (Lipinski definition) is 4. The van der Waals surface area contributed by atoms with Crippen molar-refractivity contribution in [2.45, 2.75) is 32.8 Å². The van der Waals surface area contributed by atoms with Crippen molar-refractivity contribution in [2.24, 2.45) is 11.8 Å². The number of carbonyl (C=O) groups excluding carboxylic acids is 2. The molecule has 114 valence electrons. The number of amides is 2. The summed E-state index contributed by atoms with van der Waals surface area (Å²) in [5.74, 6) is 0.508. The normalized spacial score (nSPS) is 24.0. The van der Waals surface area contributed by atoms with Gasteiger partial charge in [0.2, 0.25) is 5.91 Å². The SMILES string of the molecule is CC(C)(C)OC(=O)N1CC(CN2CC(CO)CC2=O)C1. The van der Waals surface area contributed by atoms with Gasteiger partial charge in [0, 0.05) is 51.0 Å². The molecule has 2 heterocycles. The number of carbonyl (C=O) groups is 2. The standard InChI is InChI=1S/C14H24N2O4/c1-14(2,3)20-13(19)16-7-11(8-16)6-15-5-10(9-17)4-12(15)18/h10-11,17H,4-9H2,1-3H3. The zero-order valence-corrected chi connectivity index (χ0v) is 12.5. The van der Waals surface area contributed by atoms with Gasteiger partial charge in [0.15, 0.2) is 0 Å². The fourth-order valence-corrected chi connectivity index (χ4v) is 2.63. The van der Waals surface area contributed by atoms with Gasteiger partial charge < -0.3 is 19.6 Å². The summed E-state index contributed by atoms with van der Waals surface area (Å²) < 4.78 is 5.29. The number of aliphatic hydroxyl groups excluding tert-OH is 1. The van der Waals surface area contributed by atoms with E-state index in [4.69, 9.17) is 9.84 Å². The molecule has 0 bridgehead atoms. The van der Waals surface area contributed by atoms with Gasteiger partial charge in [-0.25, -0.2) is 4.79 Å². The molecule has 1 atom stereocenters. The van der Waals surface area contributed by atoms with E-state index < -0.39 is 5.60 Å². The molecule has 6 nitrogen and oxygen atoms in total. The number of rotatable bonds is 3. The minimum atomic E-state index is -0.471. The lowest BCUT2D eigenvalue weighted by atomic mass is 10.0. The van der Waals surface area contributed by atoms with Crippen molar-refractivity contribution in [1.29, 1.82) is 0 Å². The van der Waals surface area contributed by atoms with Crippen LogP contribution in [-0.4, -0.2) is 65.3 Å². The third-order valence-electron chi connectivity index (χ3n) is 3.64. The molecule has 2 aliphatic heterocycles. The molecule has 2 amide bonds. The van der Waals surface area contributed by atoms with Crippen molar-refractivity contribution in [2.75, 3.05) is 32.8 Å². The lowest BCUT2D eigenvalue weighted by molar-refractivity contribution is -0.128. The number of ether oxygens (including phenoxy) is 1. The average Bonchev–Trinajstić information content (AvgIpc) is 2.61. The largest absolute Gasteiger partial charge is 0.444 e. The van der Waals surface area contributed by atoms with E-state index in [1.807, 2.05) is 20.8 Å². The van der Waals surface area contributed by atoms with Crippen LogP contribution in [0.15, 0.2) is 0 Å². The molecule has 0 aromatic rings. The second kappa shape index (κ2) is 5.60. The minimum Gasteiger partial charge on any atom is -0.444 e. The van der Waals surface area contributed by atoms with Crippen LogP contribution in [0, 0.1) is 11.8 Å². The predicted octanol–water partition coefficient (Wildman–Crippen LogP) is 0.694. The molecule has 20 heavy (non-hydrogen) atoms. The van der Waals surface area contributed by atoms with Crippen molar-refractivity contribution in [3.8, 4) is 0 Å². The van der Waals surface area contributed by atoms with Crippen LogP contribution in [-0.2, 0) is 9.53 Å². The van der Waals surface area contributed by atoms with Gasteiger partial charge in [-0.05, 0) is 20.8 Å². The van der Waals surface area contributed by atoms with Gasteiger partial charge in [-0.15, -0.1) is 0 Å². The van der Waals surface area contributed by atoms with E-state index in [2.05, 4.69) is 0 Å². The first-order valence-electron chi connectivity index (χ1n) is 7.15.